The maximum absolute atomic E-state index is 10.8. The predicted molar refractivity (Wildman–Crippen MR) is 34.1 cm³/mol. The molecule has 5 nitrogen and oxygen atoms in total. The minimum Gasteiger partial charge on any atom is -0.464 e. The van der Waals surface area contributed by atoms with E-state index in [2.05, 4.69) is 15.7 Å². The van der Waals surface area contributed by atoms with Gasteiger partial charge in [0.2, 0.25) is 0 Å². The summed E-state index contributed by atoms with van der Waals surface area (Å²) in [5, 5.41) is 1.53. The summed E-state index contributed by atoms with van der Waals surface area (Å²) in [5.41, 5.74) is 5.79. The highest BCUT2D eigenvalue weighted by Gasteiger charge is 2.17. The topological polar surface area (TPSA) is 53.6 Å². The number of hydrazine groups is 2. The zero-order valence-electron chi connectivity index (χ0n) is 5.84. The lowest BCUT2D eigenvalue weighted by Gasteiger charge is -2.11. The van der Waals surface area contributed by atoms with Gasteiger partial charge in [0, 0.05) is 13.2 Å². The van der Waals surface area contributed by atoms with E-state index in [9.17, 15) is 4.79 Å². The van der Waals surface area contributed by atoms with Crippen molar-refractivity contribution in [1.29, 1.82) is 0 Å². The number of carbonyl (C=O) groups excluding carboxylic acids is 1. The summed E-state index contributed by atoms with van der Waals surface area (Å²) in [5.74, 6) is -0.361. The molecule has 1 aliphatic rings. The molecule has 0 saturated carbocycles. The average Bonchev–Trinajstić information content (AvgIpc) is 2.34. The molecule has 5 heteroatoms. The van der Waals surface area contributed by atoms with Gasteiger partial charge in [-0.15, -0.1) is 5.53 Å². The highest BCUT2D eigenvalue weighted by Crippen LogP contribution is 2.01. The Hall–Kier alpha value is -1.23. The van der Waals surface area contributed by atoms with Gasteiger partial charge in [-0.25, -0.2) is 4.79 Å². The molecule has 0 amide bonds. The van der Waals surface area contributed by atoms with Crippen LogP contribution in [0.3, 0.4) is 0 Å². The monoisotopic (exact) mass is 143 g/mol. The molecule has 0 aromatic heterocycles. The van der Waals surface area contributed by atoms with Crippen molar-refractivity contribution in [3.63, 3.8) is 0 Å². The van der Waals surface area contributed by atoms with Crippen molar-refractivity contribution in [2.75, 3.05) is 14.2 Å². The Balaban J connectivity index is 2.63. The Morgan fingerprint density at radius 3 is 2.90 bits per heavy atom. The molecule has 0 spiro atoms. The van der Waals surface area contributed by atoms with Crippen LogP contribution < -0.4 is 11.0 Å². The van der Waals surface area contributed by atoms with E-state index in [-0.39, 0.29) is 5.97 Å². The van der Waals surface area contributed by atoms with E-state index < -0.39 is 0 Å². The predicted octanol–water partition coefficient (Wildman–Crippen LogP) is -1.04. The van der Waals surface area contributed by atoms with Crippen LogP contribution in [0.1, 0.15) is 0 Å². The molecular weight excluding hydrogens is 134 g/mol. The fourth-order valence-corrected chi connectivity index (χ4v) is 0.655. The Bertz CT molecular complexity index is 178. The van der Waals surface area contributed by atoms with E-state index >= 15 is 0 Å². The molecule has 0 bridgehead atoms. The molecule has 1 aliphatic heterocycles. The Morgan fingerprint density at radius 2 is 2.50 bits per heavy atom. The minimum absolute atomic E-state index is 0.361. The average molecular weight is 143 g/mol. The largest absolute Gasteiger partial charge is 0.464 e. The summed E-state index contributed by atoms with van der Waals surface area (Å²) in [6.45, 7) is 0. The highest BCUT2D eigenvalue weighted by molar-refractivity contribution is 5.87. The van der Waals surface area contributed by atoms with Gasteiger partial charge in [0.1, 0.15) is 0 Å². The molecular formula is C5H9N3O2. The quantitative estimate of drug-likeness (QED) is 0.459. The van der Waals surface area contributed by atoms with E-state index in [1.54, 1.807) is 7.05 Å². The molecule has 0 fully saturated rings. The SMILES string of the molecule is COC(=O)C1=CNNN1C. The van der Waals surface area contributed by atoms with Crippen molar-refractivity contribution >= 4 is 5.97 Å². The maximum Gasteiger partial charge on any atom is 0.357 e. The first kappa shape index (κ1) is 6.88. The fourth-order valence-electron chi connectivity index (χ4n) is 0.655. The van der Waals surface area contributed by atoms with Crippen molar-refractivity contribution in [2.24, 2.45) is 0 Å². The summed E-state index contributed by atoms with van der Waals surface area (Å²) < 4.78 is 4.48. The van der Waals surface area contributed by atoms with Gasteiger partial charge in [0.25, 0.3) is 0 Å². The molecule has 1 rings (SSSR count). The molecule has 1 heterocycles. The first-order chi connectivity index (χ1) is 4.75. The van der Waals surface area contributed by atoms with Crippen molar-refractivity contribution in [2.45, 2.75) is 0 Å². The molecule has 0 aromatic carbocycles. The van der Waals surface area contributed by atoms with Crippen LogP contribution in [0.2, 0.25) is 0 Å². The Morgan fingerprint density at radius 1 is 1.80 bits per heavy atom. The number of rotatable bonds is 1. The number of methoxy groups -OCH3 is 1. The van der Waals surface area contributed by atoms with Crippen molar-refractivity contribution in [1.82, 2.24) is 16.0 Å². The van der Waals surface area contributed by atoms with Gasteiger partial charge in [-0.2, -0.15) is 0 Å². The molecule has 0 unspecified atom stereocenters. The normalized spacial score (nSPS) is 16.2. The summed E-state index contributed by atoms with van der Waals surface area (Å²) in [7, 11) is 3.05. The number of likely N-dealkylation sites (N-methyl/N-ethyl adjacent to an activating group) is 1. The molecule has 0 atom stereocenters. The number of esters is 1. The standard InChI is InChI=1S/C5H9N3O2/c1-8-4(3-6-7-8)5(9)10-2/h3,6-7H,1-2H3. The fraction of sp³-hybridized carbons (Fsp3) is 0.400. The van der Waals surface area contributed by atoms with Crippen LogP contribution in [0.4, 0.5) is 0 Å². The molecule has 0 aromatic rings. The number of nitrogens with one attached hydrogen (secondary N) is 2. The number of carbonyl (C=O) groups is 1. The first-order valence-electron chi connectivity index (χ1n) is 2.79. The van der Waals surface area contributed by atoms with Gasteiger partial charge >= 0.3 is 5.97 Å². The molecule has 0 saturated heterocycles. The Kier molecular flexibility index (Phi) is 1.77. The van der Waals surface area contributed by atoms with Crippen LogP contribution in [-0.4, -0.2) is 25.1 Å². The van der Waals surface area contributed by atoms with E-state index in [0.29, 0.717) is 5.70 Å². The summed E-state index contributed by atoms with van der Waals surface area (Å²) in [6, 6.07) is 0. The van der Waals surface area contributed by atoms with E-state index in [1.165, 1.54) is 18.3 Å². The maximum atomic E-state index is 10.8. The van der Waals surface area contributed by atoms with E-state index in [1.807, 2.05) is 0 Å². The number of hydrogen-bond donors (Lipinski definition) is 2. The number of hydrogen-bond acceptors (Lipinski definition) is 5. The minimum atomic E-state index is -0.361. The van der Waals surface area contributed by atoms with Gasteiger partial charge in [-0.3, -0.25) is 5.01 Å². The summed E-state index contributed by atoms with van der Waals surface area (Å²) in [6.07, 6.45) is 1.53. The molecule has 56 valence electrons. The first-order valence-corrected chi connectivity index (χ1v) is 2.79. The van der Waals surface area contributed by atoms with Crippen molar-refractivity contribution in [3.05, 3.63) is 11.9 Å². The second-order valence-electron chi connectivity index (χ2n) is 1.84. The van der Waals surface area contributed by atoms with Crippen molar-refractivity contribution < 1.29 is 9.53 Å². The molecule has 2 N–H and O–H groups in total. The van der Waals surface area contributed by atoms with Gasteiger partial charge in [-0.05, 0) is 0 Å². The second kappa shape index (κ2) is 2.57. The molecule has 10 heavy (non-hydrogen) atoms. The van der Waals surface area contributed by atoms with Gasteiger partial charge in [0.05, 0.1) is 7.11 Å². The van der Waals surface area contributed by atoms with Crippen LogP contribution in [0.5, 0.6) is 0 Å². The number of nitrogens with zero attached hydrogens (tertiary/aromatic N) is 1. The van der Waals surface area contributed by atoms with E-state index in [0.717, 1.165) is 0 Å². The number of ether oxygens (including phenoxy) is 1. The summed E-state index contributed by atoms with van der Waals surface area (Å²) >= 11 is 0. The highest BCUT2D eigenvalue weighted by atomic mass is 16.5. The lowest BCUT2D eigenvalue weighted by Crippen LogP contribution is -2.35. The summed E-state index contributed by atoms with van der Waals surface area (Å²) in [4.78, 5) is 10.8. The lowest BCUT2D eigenvalue weighted by atomic mass is 10.5. The van der Waals surface area contributed by atoms with Crippen LogP contribution in [0.25, 0.3) is 0 Å². The van der Waals surface area contributed by atoms with Crippen molar-refractivity contribution in [3.8, 4) is 0 Å². The molecule has 0 radical (unpaired) electrons. The smallest absolute Gasteiger partial charge is 0.357 e. The van der Waals surface area contributed by atoms with Crippen LogP contribution in [0, 0.1) is 0 Å². The second-order valence-corrected chi connectivity index (χ2v) is 1.84. The van der Waals surface area contributed by atoms with Gasteiger partial charge < -0.3 is 10.2 Å². The lowest BCUT2D eigenvalue weighted by molar-refractivity contribution is -0.137. The third kappa shape index (κ3) is 1.03. The Labute approximate surface area is 58.6 Å². The van der Waals surface area contributed by atoms with Crippen LogP contribution in [0.15, 0.2) is 11.9 Å². The zero-order chi connectivity index (χ0) is 7.56. The van der Waals surface area contributed by atoms with Gasteiger partial charge in [0.15, 0.2) is 5.70 Å². The third-order valence-electron chi connectivity index (χ3n) is 1.20. The molecule has 0 aliphatic carbocycles. The zero-order valence-corrected chi connectivity index (χ0v) is 5.84. The third-order valence-corrected chi connectivity index (χ3v) is 1.20. The van der Waals surface area contributed by atoms with E-state index in [4.69, 9.17) is 0 Å². The van der Waals surface area contributed by atoms with Crippen LogP contribution >= 0.6 is 0 Å². The van der Waals surface area contributed by atoms with Gasteiger partial charge in [-0.1, -0.05) is 0 Å². The van der Waals surface area contributed by atoms with Crippen LogP contribution in [-0.2, 0) is 9.53 Å².